The molecular formula is C13H18N4. The maximum absolute atomic E-state index is 3.50. The van der Waals surface area contributed by atoms with Gasteiger partial charge in [0.1, 0.15) is 0 Å². The molecule has 0 spiro atoms. The smallest absolute Gasteiger partial charge is 0.0457 e. The number of aromatic nitrogens is 1. The normalized spacial score (nSPS) is 20.1. The van der Waals surface area contributed by atoms with Crippen molar-refractivity contribution in [1.29, 1.82) is 0 Å². The van der Waals surface area contributed by atoms with E-state index < -0.39 is 0 Å². The Bertz CT molecular complexity index is 485. The van der Waals surface area contributed by atoms with Crippen LogP contribution in [0.25, 0.3) is 10.9 Å². The minimum absolute atomic E-state index is 0.556. The monoisotopic (exact) mass is 230 g/mol. The Labute approximate surface area is 101 Å². The van der Waals surface area contributed by atoms with Crippen molar-refractivity contribution in [1.82, 2.24) is 21.2 Å². The van der Waals surface area contributed by atoms with Crippen molar-refractivity contribution < 1.29 is 0 Å². The average Bonchev–Trinajstić information content (AvgIpc) is 2.99. The van der Waals surface area contributed by atoms with Crippen LogP contribution in [0, 0.1) is 0 Å². The Balaban J connectivity index is 1.60. The van der Waals surface area contributed by atoms with E-state index in [0.29, 0.717) is 6.04 Å². The van der Waals surface area contributed by atoms with E-state index in [-0.39, 0.29) is 0 Å². The molecule has 0 radical (unpaired) electrons. The molecule has 1 atom stereocenters. The summed E-state index contributed by atoms with van der Waals surface area (Å²) in [4.78, 5) is 3.30. The lowest BCUT2D eigenvalue weighted by molar-refractivity contribution is 0.508. The lowest BCUT2D eigenvalue weighted by Gasteiger charge is -2.10. The SMILES string of the molecule is c1ccc2c(CNCC3CCNN3)c[nH]c2c1. The molecule has 17 heavy (non-hydrogen) atoms. The third kappa shape index (κ3) is 2.34. The Morgan fingerprint density at radius 2 is 2.24 bits per heavy atom. The zero-order valence-electron chi connectivity index (χ0n) is 9.79. The molecule has 1 aliphatic heterocycles. The maximum atomic E-state index is 3.50. The molecule has 0 bridgehead atoms. The summed E-state index contributed by atoms with van der Waals surface area (Å²) in [7, 11) is 0. The van der Waals surface area contributed by atoms with Crippen molar-refractivity contribution in [3.63, 3.8) is 0 Å². The van der Waals surface area contributed by atoms with Crippen molar-refractivity contribution in [3.8, 4) is 0 Å². The van der Waals surface area contributed by atoms with Gasteiger partial charge in [-0.25, -0.2) is 0 Å². The van der Waals surface area contributed by atoms with Crippen LogP contribution < -0.4 is 16.2 Å². The predicted octanol–water partition coefficient (Wildman–Crippen LogP) is 1.12. The topological polar surface area (TPSA) is 51.9 Å². The Kier molecular flexibility index (Phi) is 3.09. The quantitative estimate of drug-likeness (QED) is 0.637. The molecule has 1 aromatic carbocycles. The van der Waals surface area contributed by atoms with E-state index in [4.69, 9.17) is 0 Å². The van der Waals surface area contributed by atoms with E-state index in [2.05, 4.69) is 51.6 Å². The van der Waals surface area contributed by atoms with E-state index >= 15 is 0 Å². The second kappa shape index (κ2) is 4.87. The molecule has 1 saturated heterocycles. The number of hydrazine groups is 1. The second-order valence-electron chi connectivity index (χ2n) is 4.55. The van der Waals surface area contributed by atoms with Gasteiger partial charge in [-0.2, -0.15) is 0 Å². The highest BCUT2D eigenvalue weighted by molar-refractivity contribution is 5.82. The number of rotatable bonds is 4. The first kappa shape index (κ1) is 10.8. The van der Waals surface area contributed by atoms with Crippen LogP contribution in [0.2, 0.25) is 0 Å². The van der Waals surface area contributed by atoms with Crippen LogP contribution in [0.5, 0.6) is 0 Å². The summed E-state index contributed by atoms with van der Waals surface area (Å²) >= 11 is 0. The van der Waals surface area contributed by atoms with Crippen LogP contribution in [-0.4, -0.2) is 24.1 Å². The van der Waals surface area contributed by atoms with Crippen LogP contribution in [0.15, 0.2) is 30.5 Å². The number of para-hydroxylation sites is 1. The number of benzene rings is 1. The minimum Gasteiger partial charge on any atom is -0.361 e. The fraction of sp³-hybridized carbons (Fsp3) is 0.385. The summed E-state index contributed by atoms with van der Waals surface area (Å²) < 4.78 is 0. The van der Waals surface area contributed by atoms with Gasteiger partial charge >= 0.3 is 0 Å². The molecule has 0 amide bonds. The standard InChI is InChI=1S/C13H18N4/c1-2-4-13-12(3-1)10(8-15-13)7-14-9-11-5-6-16-17-11/h1-4,8,11,14-17H,5-7,9H2. The largest absolute Gasteiger partial charge is 0.361 e. The van der Waals surface area contributed by atoms with Crippen molar-refractivity contribution in [2.45, 2.75) is 19.0 Å². The van der Waals surface area contributed by atoms with Gasteiger partial charge in [0.2, 0.25) is 0 Å². The maximum Gasteiger partial charge on any atom is 0.0457 e. The van der Waals surface area contributed by atoms with Crippen molar-refractivity contribution in [2.24, 2.45) is 0 Å². The Hall–Kier alpha value is -1.36. The van der Waals surface area contributed by atoms with Gasteiger partial charge in [-0.1, -0.05) is 18.2 Å². The van der Waals surface area contributed by atoms with Crippen LogP contribution in [0.1, 0.15) is 12.0 Å². The molecule has 4 N–H and O–H groups in total. The molecule has 1 aromatic heterocycles. The molecule has 0 aliphatic carbocycles. The number of H-pyrrole nitrogens is 1. The van der Waals surface area contributed by atoms with E-state index in [1.807, 2.05) is 0 Å². The lowest BCUT2D eigenvalue weighted by atomic mass is 10.1. The molecule has 1 fully saturated rings. The number of hydrogen-bond acceptors (Lipinski definition) is 3. The van der Waals surface area contributed by atoms with Gasteiger partial charge in [-0.3, -0.25) is 10.9 Å². The molecule has 90 valence electrons. The summed E-state index contributed by atoms with van der Waals surface area (Å²) in [6.07, 6.45) is 3.29. The average molecular weight is 230 g/mol. The van der Waals surface area contributed by atoms with Gasteiger partial charge in [-0.15, -0.1) is 0 Å². The van der Waals surface area contributed by atoms with Gasteiger partial charge in [-0.05, 0) is 18.1 Å². The number of hydrogen-bond donors (Lipinski definition) is 4. The number of fused-ring (bicyclic) bond motifs is 1. The summed E-state index contributed by atoms with van der Waals surface area (Å²) in [6.45, 7) is 2.99. The van der Waals surface area contributed by atoms with E-state index in [1.54, 1.807) is 0 Å². The lowest BCUT2D eigenvalue weighted by Crippen LogP contribution is -2.37. The third-order valence-electron chi connectivity index (χ3n) is 3.31. The molecule has 2 heterocycles. The summed E-state index contributed by atoms with van der Waals surface area (Å²) in [6, 6.07) is 8.98. The van der Waals surface area contributed by atoms with E-state index in [1.165, 1.54) is 22.9 Å². The molecule has 4 nitrogen and oxygen atoms in total. The zero-order chi connectivity index (χ0) is 11.5. The fourth-order valence-electron chi connectivity index (χ4n) is 2.35. The van der Waals surface area contributed by atoms with Crippen molar-refractivity contribution in [2.75, 3.05) is 13.1 Å². The molecule has 4 heteroatoms. The summed E-state index contributed by atoms with van der Waals surface area (Å²) in [5.74, 6) is 0. The first-order chi connectivity index (χ1) is 8.43. The van der Waals surface area contributed by atoms with Gasteiger partial charge in [0.05, 0.1) is 0 Å². The summed E-state index contributed by atoms with van der Waals surface area (Å²) in [5.41, 5.74) is 8.96. The number of nitrogens with one attached hydrogen (secondary N) is 4. The zero-order valence-corrected chi connectivity index (χ0v) is 9.79. The highest BCUT2D eigenvalue weighted by Crippen LogP contribution is 2.17. The van der Waals surface area contributed by atoms with Crippen LogP contribution in [0.4, 0.5) is 0 Å². The molecule has 1 unspecified atom stereocenters. The van der Waals surface area contributed by atoms with Crippen LogP contribution >= 0.6 is 0 Å². The molecule has 3 rings (SSSR count). The molecule has 2 aromatic rings. The predicted molar refractivity (Wildman–Crippen MR) is 69.5 cm³/mol. The molecular weight excluding hydrogens is 212 g/mol. The third-order valence-corrected chi connectivity index (χ3v) is 3.31. The second-order valence-corrected chi connectivity index (χ2v) is 4.55. The van der Waals surface area contributed by atoms with E-state index in [0.717, 1.165) is 19.6 Å². The van der Waals surface area contributed by atoms with Gasteiger partial charge < -0.3 is 10.3 Å². The minimum atomic E-state index is 0.556. The van der Waals surface area contributed by atoms with Crippen molar-refractivity contribution in [3.05, 3.63) is 36.0 Å². The Morgan fingerprint density at radius 3 is 3.12 bits per heavy atom. The highest BCUT2D eigenvalue weighted by atomic mass is 15.4. The molecule has 1 aliphatic rings. The fourth-order valence-corrected chi connectivity index (χ4v) is 2.35. The van der Waals surface area contributed by atoms with Crippen LogP contribution in [0.3, 0.4) is 0 Å². The van der Waals surface area contributed by atoms with Gasteiger partial charge in [0.25, 0.3) is 0 Å². The van der Waals surface area contributed by atoms with E-state index in [9.17, 15) is 0 Å². The number of aromatic amines is 1. The first-order valence-corrected chi connectivity index (χ1v) is 6.17. The van der Waals surface area contributed by atoms with Gasteiger partial charge in [0.15, 0.2) is 0 Å². The van der Waals surface area contributed by atoms with Gasteiger partial charge in [0, 0.05) is 42.8 Å². The summed E-state index contributed by atoms with van der Waals surface area (Å²) in [5, 5.41) is 4.82. The molecule has 0 saturated carbocycles. The first-order valence-electron chi connectivity index (χ1n) is 6.17. The Morgan fingerprint density at radius 1 is 1.29 bits per heavy atom. The highest BCUT2D eigenvalue weighted by Gasteiger charge is 2.12. The van der Waals surface area contributed by atoms with Crippen LogP contribution in [-0.2, 0) is 6.54 Å². The van der Waals surface area contributed by atoms with Crippen molar-refractivity contribution >= 4 is 10.9 Å².